The Kier molecular flexibility index (Phi) is 5.84. The summed E-state index contributed by atoms with van der Waals surface area (Å²) in [7, 11) is -3.01. The number of rotatable bonds is 7. The maximum atomic E-state index is 12.9. The molecule has 1 aliphatic heterocycles. The van der Waals surface area contributed by atoms with Crippen molar-refractivity contribution < 1.29 is 21.9 Å². The molecule has 1 N–H and O–H groups in total. The summed E-state index contributed by atoms with van der Waals surface area (Å²) in [5.41, 5.74) is 1.23. The molecule has 0 aliphatic carbocycles. The van der Waals surface area contributed by atoms with Crippen molar-refractivity contribution in [3.8, 4) is 5.75 Å². The third kappa shape index (κ3) is 4.16. The predicted molar refractivity (Wildman–Crippen MR) is 101 cm³/mol. The van der Waals surface area contributed by atoms with Gasteiger partial charge in [0, 0.05) is 19.6 Å². The van der Waals surface area contributed by atoms with Crippen LogP contribution in [0.3, 0.4) is 0 Å². The lowest BCUT2D eigenvalue weighted by Gasteiger charge is -2.21. The van der Waals surface area contributed by atoms with E-state index in [1.165, 1.54) is 18.2 Å². The quantitative estimate of drug-likeness (QED) is 0.775. The minimum absolute atomic E-state index is 0.216. The first-order chi connectivity index (χ1) is 12.9. The lowest BCUT2D eigenvalue weighted by Crippen LogP contribution is -2.23. The molecule has 1 atom stereocenters. The molecule has 3 rings (SSSR count). The van der Waals surface area contributed by atoms with Crippen molar-refractivity contribution in [1.82, 2.24) is 0 Å². The standard InChI is InChI=1S/C19H22F2N2O3S/c1-26-17-8-4-3-7-16(17)23-11-10-14(13-23)12-22-15-6-2-5-9-18(15)27(24,25)19(20)21/h2-9,14,19,22H,10-13H2,1H3. The highest BCUT2D eigenvalue weighted by Crippen LogP contribution is 2.32. The van der Waals surface area contributed by atoms with Crippen molar-refractivity contribution >= 4 is 21.2 Å². The zero-order valence-corrected chi connectivity index (χ0v) is 15.8. The SMILES string of the molecule is COc1ccccc1N1CCC(CNc2ccccc2S(=O)(=O)C(F)F)C1. The van der Waals surface area contributed by atoms with Gasteiger partial charge < -0.3 is 15.0 Å². The van der Waals surface area contributed by atoms with E-state index in [9.17, 15) is 17.2 Å². The molecule has 5 nitrogen and oxygen atoms in total. The summed E-state index contributed by atoms with van der Waals surface area (Å²) in [5.74, 6) is -2.37. The summed E-state index contributed by atoms with van der Waals surface area (Å²) < 4.78 is 54.9. The number of nitrogens with zero attached hydrogens (tertiary/aromatic N) is 1. The Labute approximate surface area is 157 Å². The van der Waals surface area contributed by atoms with Gasteiger partial charge in [0.25, 0.3) is 0 Å². The molecule has 8 heteroatoms. The average molecular weight is 396 g/mol. The highest BCUT2D eigenvalue weighted by Gasteiger charge is 2.30. The maximum absolute atomic E-state index is 12.9. The van der Waals surface area contributed by atoms with E-state index in [4.69, 9.17) is 4.74 Å². The van der Waals surface area contributed by atoms with Crippen LogP contribution < -0.4 is 15.0 Å². The maximum Gasteiger partial charge on any atom is 0.341 e. The molecule has 2 aromatic rings. The average Bonchev–Trinajstić information content (AvgIpc) is 3.15. The van der Waals surface area contributed by atoms with Crippen LogP contribution in [0.1, 0.15) is 6.42 Å². The number of hydrogen-bond donors (Lipinski definition) is 1. The summed E-state index contributed by atoms with van der Waals surface area (Å²) in [6.45, 7) is 2.13. The molecule has 0 amide bonds. The van der Waals surface area contributed by atoms with Crippen molar-refractivity contribution in [2.45, 2.75) is 17.1 Å². The highest BCUT2D eigenvalue weighted by molar-refractivity contribution is 7.91. The van der Waals surface area contributed by atoms with Gasteiger partial charge in [-0.15, -0.1) is 0 Å². The second-order valence-electron chi connectivity index (χ2n) is 6.46. The van der Waals surface area contributed by atoms with Crippen LogP contribution in [0.4, 0.5) is 20.2 Å². The van der Waals surface area contributed by atoms with Crippen molar-refractivity contribution in [1.29, 1.82) is 0 Å². The Morgan fingerprint density at radius 1 is 1.19 bits per heavy atom. The van der Waals surface area contributed by atoms with Crippen LogP contribution in [-0.4, -0.2) is 40.9 Å². The van der Waals surface area contributed by atoms with Gasteiger partial charge in [0.15, 0.2) is 0 Å². The van der Waals surface area contributed by atoms with Crippen LogP contribution in [0, 0.1) is 5.92 Å². The Morgan fingerprint density at radius 3 is 2.63 bits per heavy atom. The molecule has 0 radical (unpaired) electrons. The first-order valence-electron chi connectivity index (χ1n) is 8.66. The molecular formula is C19H22F2N2O3S. The molecule has 1 saturated heterocycles. The Hall–Kier alpha value is -2.35. The van der Waals surface area contributed by atoms with E-state index >= 15 is 0 Å². The largest absolute Gasteiger partial charge is 0.495 e. The zero-order valence-electron chi connectivity index (χ0n) is 14.9. The zero-order chi connectivity index (χ0) is 19.4. The van der Waals surface area contributed by atoms with Crippen molar-refractivity contribution in [2.75, 3.05) is 37.0 Å². The number of alkyl halides is 2. The van der Waals surface area contributed by atoms with Crippen molar-refractivity contribution in [3.63, 3.8) is 0 Å². The van der Waals surface area contributed by atoms with Gasteiger partial charge in [-0.25, -0.2) is 8.42 Å². The monoisotopic (exact) mass is 396 g/mol. The molecule has 27 heavy (non-hydrogen) atoms. The minimum atomic E-state index is -4.64. The molecular weight excluding hydrogens is 374 g/mol. The molecule has 146 valence electrons. The fourth-order valence-electron chi connectivity index (χ4n) is 3.32. The number of ether oxygens (including phenoxy) is 1. The molecule has 1 fully saturated rings. The summed E-state index contributed by atoms with van der Waals surface area (Å²) in [4.78, 5) is 1.85. The number of halogens is 2. The van der Waals surface area contributed by atoms with Crippen LogP contribution >= 0.6 is 0 Å². The lowest BCUT2D eigenvalue weighted by atomic mass is 10.1. The van der Waals surface area contributed by atoms with Gasteiger partial charge in [0.1, 0.15) is 5.75 Å². The molecule has 0 saturated carbocycles. The summed E-state index contributed by atoms with van der Waals surface area (Å²) in [6, 6.07) is 13.6. The number of anilines is 2. The van der Waals surface area contributed by atoms with Gasteiger partial charge in [-0.1, -0.05) is 24.3 Å². The number of methoxy groups -OCH3 is 1. The van der Waals surface area contributed by atoms with Crippen molar-refractivity contribution in [2.24, 2.45) is 5.92 Å². The molecule has 0 aromatic heterocycles. The number of hydrogen-bond acceptors (Lipinski definition) is 5. The van der Waals surface area contributed by atoms with Gasteiger partial charge in [-0.3, -0.25) is 0 Å². The van der Waals surface area contributed by atoms with Crippen LogP contribution in [0.5, 0.6) is 5.75 Å². The van der Waals surface area contributed by atoms with Crippen LogP contribution in [-0.2, 0) is 9.84 Å². The van der Waals surface area contributed by atoms with E-state index in [-0.39, 0.29) is 16.5 Å². The summed E-state index contributed by atoms with van der Waals surface area (Å²) in [5, 5.41) is 3.05. The molecule has 0 spiro atoms. The van der Waals surface area contributed by atoms with Gasteiger partial charge in [-0.05, 0) is 36.6 Å². The molecule has 0 bridgehead atoms. The fourth-order valence-corrected chi connectivity index (χ4v) is 4.23. The lowest BCUT2D eigenvalue weighted by molar-refractivity contribution is 0.235. The number of para-hydroxylation sites is 3. The van der Waals surface area contributed by atoms with Crippen LogP contribution in [0.2, 0.25) is 0 Å². The third-order valence-electron chi connectivity index (χ3n) is 4.72. The topological polar surface area (TPSA) is 58.6 Å². The minimum Gasteiger partial charge on any atom is -0.495 e. The summed E-state index contributed by atoms with van der Waals surface area (Å²) in [6.07, 6.45) is 0.912. The molecule has 1 aliphatic rings. The Balaban J connectivity index is 1.68. The van der Waals surface area contributed by atoms with Gasteiger partial charge in [0.05, 0.1) is 23.4 Å². The number of nitrogens with one attached hydrogen (secondary N) is 1. The van der Waals surface area contributed by atoms with Gasteiger partial charge in [-0.2, -0.15) is 8.78 Å². The van der Waals surface area contributed by atoms with E-state index < -0.39 is 15.6 Å². The highest BCUT2D eigenvalue weighted by atomic mass is 32.2. The van der Waals surface area contributed by atoms with E-state index in [2.05, 4.69) is 10.2 Å². The van der Waals surface area contributed by atoms with E-state index in [1.807, 2.05) is 24.3 Å². The van der Waals surface area contributed by atoms with E-state index in [1.54, 1.807) is 13.2 Å². The molecule has 1 heterocycles. The summed E-state index contributed by atoms with van der Waals surface area (Å²) >= 11 is 0. The molecule has 2 aromatic carbocycles. The first kappa shape index (κ1) is 19.4. The Bertz CT molecular complexity index is 890. The van der Waals surface area contributed by atoms with Gasteiger partial charge in [0.2, 0.25) is 9.84 Å². The van der Waals surface area contributed by atoms with Crippen LogP contribution in [0.15, 0.2) is 53.4 Å². The van der Waals surface area contributed by atoms with Crippen LogP contribution in [0.25, 0.3) is 0 Å². The third-order valence-corrected chi connectivity index (χ3v) is 6.16. The smallest absolute Gasteiger partial charge is 0.341 e. The Morgan fingerprint density at radius 2 is 1.89 bits per heavy atom. The molecule has 1 unspecified atom stereocenters. The first-order valence-corrected chi connectivity index (χ1v) is 10.2. The number of sulfone groups is 1. The number of benzene rings is 2. The van der Waals surface area contributed by atoms with E-state index in [0.29, 0.717) is 6.54 Å². The second-order valence-corrected chi connectivity index (χ2v) is 8.34. The van der Waals surface area contributed by atoms with Gasteiger partial charge >= 0.3 is 5.76 Å². The second kappa shape index (κ2) is 8.12. The normalized spacial score (nSPS) is 17.3. The van der Waals surface area contributed by atoms with E-state index in [0.717, 1.165) is 30.9 Å². The van der Waals surface area contributed by atoms with Crippen molar-refractivity contribution in [3.05, 3.63) is 48.5 Å². The fraction of sp³-hybridized carbons (Fsp3) is 0.368. The predicted octanol–water partition coefficient (Wildman–Crippen LogP) is 3.63.